The average molecular weight is 332 g/mol. The SMILES string of the molecule is CC(NS(=O)(=O)c1ccc(Cl)c(C(F)(F)F)c1)C(=O)O. The molecule has 0 aliphatic heterocycles. The molecule has 10 heteroatoms. The number of aliphatic carboxylic acids is 1. The van der Waals surface area contributed by atoms with Crippen LogP contribution in [0.4, 0.5) is 13.2 Å². The molecule has 1 unspecified atom stereocenters. The van der Waals surface area contributed by atoms with Crippen LogP contribution in [0.15, 0.2) is 23.1 Å². The minimum Gasteiger partial charge on any atom is -0.480 e. The molecule has 20 heavy (non-hydrogen) atoms. The van der Waals surface area contributed by atoms with Crippen LogP contribution in [0.2, 0.25) is 5.02 Å². The molecule has 0 saturated carbocycles. The van der Waals surface area contributed by atoms with Crippen LogP contribution in [0, 0.1) is 0 Å². The Bertz CT molecular complexity index is 630. The highest BCUT2D eigenvalue weighted by molar-refractivity contribution is 7.89. The molecule has 1 aromatic rings. The quantitative estimate of drug-likeness (QED) is 0.885. The molecule has 1 aromatic carbocycles. The molecule has 0 aliphatic carbocycles. The Balaban J connectivity index is 3.24. The van der Waals surface area contributed by atoms with E-state index in [2.05, 4.69) is 0 Å². The van der Waals surface area contributed by atoms with Crippen LogP contribution >= 0.6 is 11.6 Å². The first-order valence-corrected chi connectivity index (χ1v) is 6.93. The van der Waals surface area contributed by atoms with Crippen LogP contribution < -0.4 is 4.72 Å². The second kappa shape index (κ2) is 5.58. The molecule has 0 heterocycles. The van der Waals surface area contributed by atoms with Crippen molar-refractivity contribution < 1.29 is 31.5 Å². The fraction of sp³-hybridized carbons (Fsp3) is 0.300. The highest BCUT2D eigenvalue weighted by atomic mass is 35.5. The minimum absolute atomic E-state index is 0.346. The van der Waals surface area contributed by atoms with Gasteiger partial charge in [-0.25, -0.2) is 8.42 Å². The van der Waals surface area contributed by atoms with Crippen molar-refractivity contribution in [1.29, 1.82) is 0 Å². The lowest BCUT2D eigenvalue weighted by molar-refractivity contribution is -0.139. The number of hydrogen-bond acceptors (Lipinski definition) is 3. The fourth-order valence-corrected chi connectivity index (χ4v) is 2.69. The van der Waals surface area contributed by atoms with Gasteiger partial charge in [0.2, 0.25) is 10.0 Å². The summed E-state index contributed by atoms with van der Waals surface area (Å²) < 4.78 is 63.1. The first kappa shape index (κ1) is 16.7. The Morgan fingerprint density at radius 2 is 1.95 bits per heavy atom. The lowest BCUT2D eigenvalue weighted by atomic mass is 10.2. The Hall–Kier alpha value is -1.32. The summed E-state index contributed by atoms with van der Waals surface area (Å²) in [5.74, 6) is -1.46. The molecule has 0 amide bonds. The fourth-order valence-electron chi connectivity index (χ4n) is 1.24. The normalized spacial score (nSPS) is 14.1. The van der Waals surface area contributed by atoms with E-state index in [4.69, 9.17) is 16.7 Å². The lowest BCUT2D eigenvalue weighted by Gasteiger charge is -2.13. The topological polar surface area (TPSA) is 83.5 Å². The van der Waals surface area contributed by atoms with Gasteiger partial charge in [-0.05, 0) is 25.1 Å². The molecule has 5 nitrogen and oxygen atoms in total. The number of benzene rings is 1. The summed E-state index contributed by atoms with van der Waals surface area (Å²) in [5, 5.41) is 7.94. The molecular formula is C10H9ClF3NO4S. The number of carboxylic acids is 1. The second-order valence-corrected chi connectivity index (χ2v) is 5.94. The Morgan fingerprint density at radius 3 is 2.40 bits per heavy atom. The van der Waals surface area contributed by atoms with Gasteiger partial charge >= 0.3 is 12.1 Å². The van der Waals surface area contributed by atoms with Gasteiger partial charge in [-0.1, -0.05) is 11.6 Å². The zero-order valence-corrected chi connectivity index (χ0v) is 11.5. The third-order valence-electron chi connectivity index (χ3n) is 2.26. The minimum atomic E-state index is -4.82. The zero-order valence-electron chi connectivity index (χ0n) is 9.90. The number of nitrogens with one attached hydrogen (secondary N) is 1. The van der Waals surface area contributed by atoms with Gasteiger partial charge in [-0.3, -0.25) is 4.79 Å². The van der Waals surface area contributed by atoms with Gasteiger partial charge in [0.15, 0.2) is 0 Å². The molecule has 112 valence electrons. The van der Waals surface area contributed by atoms with E-state index in [0.29, 0.717) is 6.07 Å². The molecule has 1 atom stereocenters. The third-order valence-corrected chi connectivity index (χ3v) is 4.12. The summed E-state index contributed by atoms with van der Waals surface area (Å²) >= 11 is 5.36. The van der Waals surface area contributed by atoms with E-state index in [1.165, 1.54) is 0 Å². The second-order valence-electron chi connectivity index (χ2n) is 3.82. The van der Waals surface area contributed by atoms with Crippen molar-refractivity contribution in [3.05, 3.63) is 28.8 Å². The number of carboxylic acid groups (broad SMARTS) is 1. The first-order valence-electron chi connectivity index (χ1n) is 5.07. The van der Waals surface area contributed by atoms with E-state index in [9.17, 15) is 26.4 Å². The largest absolute Gasteiger partial charge is 0.480 e. The van der Waals surface area contributed by atoms with Gasteiger partial charge in [0, 0.05) is 0 Å². The van der Waals surface area contributed by atoms with Gasteiger partial charge in [0.05, 0.1) is 15.5 Å². The Labute approximate surface area is 117 Å². The van der Waals surface area contributed by atoms with Gasteiger partial charge in [0.25, 0.3) is 0 Å². The van der Waals surface area contributed by atoms with Crippen molar-refractivity contribution in [3.63, 3.8) is 0 Å². The summed E-state index contributed by atoms with van der Waals surface area (Å²) in [6.45, 7) is 1.04. The maximum Gasteiger partial charge on any atom is 0.417 e. The monoisotopic (exact) mass is 331 g/mol. The number of halogens is 4. The number of alkyl halides is 3. The standard InChI is InChI=1S/C10H9ClF3NO4S/c1-5(9(16)17)15-20(18,19)6-2-3-8(11)7(4-6)10(12,13)14/h2-5,15H,1H3,(H,16,17). The Morgan fingerprint density at radius 1 is 1.40 bits per heavy atom. The first-order chi connectivity index (χ1) is 8.95. The number of rotatable bonds is 4. The molecule has 2 N–H and O–H groups in total. The van der Waals surface area contributed by atoms with Crippen LogP contribution in [0.3, 0.4) is 0 Å². The van der Waals surface area contributed by atoms with Crippen molar-refractivity contribution in [1.82, 2.24) is 4.72 Å². The van der Waals surface area contributed by atoms with Gasteiger partial charge in [-0.2, -0.15) is 17.9 Å². The third kappa shape index (κ3) is 3.84. The maximum atomic E-state index is 12.6. The van der Waals surface area contributed by atoms with E-state index in [-0.39, 0.29) is 0 Å². The summed E-state index contributed by atoms with van der Waals surface area (Å²) in [6.07, 6.45) is -4.82. The zero-order chi connectivity index (χ0) is 15.7. The van der Waals surface area contributed by atoms with Gasteiger partial charge in [-0.15, -0.1) is 0 Å². The molecule has 0 fully saturated rings. The number of sulfonamides is 1. The summed E-state index contributed by atoms with van der Waals surface area (Å²) in [6, 6.07) is 0.503. The molecule has 0 radical (unpaired) electrons. The highest BCUT2D eigenvalue weighted by Gasteiger charge is 2.34. The van der Waals surface area contributed by atoms with Crippen molar-refractivity contribution in [3.8, 4) is 0 Å². The van der Waals surface area contributed by atoms with Crippen LogP contribution in [-0.2, 0) is 21.0 Å². The summed E-state index contributed by atoms with van der Waals surface area (Å²) in [4.78, 5) is 9.84. The van der Waals surface area contributed by atoms with E-state index < -0.39 is 43.7 Å². The molecule has 0 bridgehead atoms. The predicted molar refractivity (Wildman–Crippen MR) is 63.9 cm³/mol. The van der Waals surface area contributed by atoms with Crippen LogP contribution in [0.1, 0.15) is 12.5 Å². The van der Waals surface area contributed by atoms with Crippen molar-refractivity contribution in [2.75, 3.05) is 0 Å². The van der Waals surface area contributed by atoms with Crippen molar-refractivity contribution >= 4 is 27.6 Å². The molecule has 0 aliphatic rings. The smallest absolute Gasteiger partial charge is 0.417 e. The molecule has 0 aromatic heterocycles. The summed E-state index contributed by atoms with van der Waals surface area (Å²) in [7, 11) is -4.39. The van der Waals surface area contributed by atoms with E-state index in [1.807, 2.05) is 0 Å². The molecule has 0 saturated heterocycles. The van der Waals surface area contributed by atoms with E-state index in [0.717, 1.165) is 19.1 Å². The maximum absolute atomic E-state index is 12.6. The van der Waals surface area contributed by atoms with E-state index >= 15 is 0 Å². The van der Waals surface area contributed by atoms with E-state index in [1.54, 1.807) is 4.72 Å². The molecular weight excluding hydrogens is 323 g/mol. The van der Waals surface area contributed by atoms with Crippen LogP contribution in [-0.4, -0.2) is 25.5 Å². The summed E-state index contributed by atoms with van der Waals surface area (Å²) in [5.41, 5.74) is -1.31. The highest BCUT2D eigenvalue weighted by Crippen LogP contribution is 2.35. The van der Waals surface area contributed by atoms with Crippen LogP contribution in [0.5, 0.6) is 0 Å². The predicted octanol–water partition coefficient (Wildman–Crippen LogP) is 2.11. The molecule has 0 spiro atoms. The lowest BCUT2D eigenvalue weighted by Crippen LogP contribution is -2.38. The van der Waals surface area contributed by atoms with Gasteiger partial charge < -0.3 is 5.11 Å². The number of carbonyl (C=O) groups is 1. The molecule has 1 rings (SSSR count). The van der Waals surface area contributed by atoms with Crippen molar-refractivity contribution in [2.45, 2.75) is 24.0 Å². The Kier molecular flexibility index (Phi) is 4.67. The van der Waals surface area contributed by atoms with Gasteiger partial charge in [0.1, 0.15) is 6.04 Å². The van der Waals surface area contributed by atoms with Crippen molar-refractivity contribution in [2.24, 2.45) is 0 Å². The average Bonchev–Trinajstić information content (AvgIpc) is 2.26. The number of hydrogen-bond donors (Lipinski definition) is 2. The van der Waals surface area contributed by atoms with Crippen LogP contribution in [0.25, 0.3) is 0 Å².